The fraction of sp³-hybridized carbons (Fsp3) is 0.700. The molecule has 0 aromatic heterocycles. The van der Waals surface area contributed by atoms with Crippen LogP contribution in [0.3, 0.4) is 0 Å². The topological polar surface area (TPSA) is 43.1 Å². The number of carbonyl (C=O) groups excluding carboxylic acids is 1. The Bertz CT molecular complexity index is 173. The molecule has 12 heavy (non-hydrogen) atoms. The van der Waals surface area contributed by atoms with E-state index in [0.29, 0.717) is 6.42 Å². The number of ketones is 1. The number of carbonyl (C=O) groups is 1. The lowest BCUT2D eigenvalue weighted by atomic mass is 9.96. The molecule has 0 heterocycles. The first-order valence-corrected chi connectivity index (χ1v) is 4.44. The highest BCUT2D eigenvalue weighted by molar-refractivity contribution is 5.85. The Morgan fingerprint density at radius 1 is 1.50 bits per heavy atom. The van der Waals surface area contributed by atoms with E-state index >= 15 is 0 Å². The van der Waals surface area contributed by atoms with Crippen molar-refractivity contribution in [2.45, 2.75) is 39.7 Å². The summed E-state index contributed by atoms with van der Waals surface area (Å²) in [5.41, 5.74) is 6.64. The molecular formula is C10H19NO. The molecule has 0 aliphatic heterocycles. The van der Waals surface area contributed by atoms with Gasteiger partial charge in [-0.05, 0) is 12.3 Å². The third-order valence-electron chi connectivity index (χ3n) is 2.01. The number of nitrogens with two attached hydrogens (primary N) is 1. The Kier molecular flexibility index (Phi) is 4.83. The van der Waals surface area contributed by atoms with Crippen LogP contribution in [0.15, 0.2) is 12.2 Å². The third-order valence-corrected chi connectivity index (χ3v) is 2.01. The molecule has 2 nitrogen and oxygen atoms in total. The third kappa shape index (κ3) is 3.67. The smallest absolute Gasteiger partial charge is 0.153 e. The number of Topliss-reactive ketones (excluding diaryl/α,β-unsaturated/α-hetero) is 1. The second-order valence-corrected chi connectivity index (χ2v) is 3.52. The van der Waals surface area contributed by atoms with Crippen LogP contribution in [0.2, 0.25) is 0 Å². The Hall–Kier alpha value is -0.630. The Balaban J connectivity index is 3.96. The molecule has 1 unspecified atom stereocenters. The first kappa shape index (κ1) is 11.4. The molecular weight excluding hydrogens is 150 g/mol. The normalized spacial score (nSPS) is 13.1. The van der Waals surface area contributed by atoms with Crippen molar-refractivity contribution in [1.82, 2.24) is 0 Å². The zero-order valence-electron chi connectivity index (χ0n) is 8.26. The zero-order valence-corrected chi connectivity index (χ0v) is 8.26. The largest absolute Gasteiger partial charge is 0.321 e. The molecule has 0 radical (unpaired) electrons. The summed E-state index contributed by atoms with van der Waals surface area (Å²) in [6.07, 6.45) is 1.30. The Morgan fingerprint density at radius 2 is 2.00 bits per heavy atom. The second kappa shape index (κ2) is 5.09. The van der Waals surface area contributed by atoms with E-state index in [1.807, 2.05) is 20.8 Å². The van der Waals surface area contributed by atoms with Crippen LogP contribution in [0.25, 0.3) is 0 Å². The van der Waals surface area contributed by atoms with E-state index < -0.39 is 0 Å². The van der Waals surface area contributed by atoms with Gasteiger partial charge in [-0.1, -0.05) is 32.9 Å². The van der Waals surface area contributed by atoms with Crippen LogP contribution in [0.5, 0.6) is 0 Å². The molecule has 0 rings (SSSR count). The fourth-order valence-corrected chi connectivity index (χ4v) is 0.861. The van der Waals surface area contributed by atoms with Gasteiger partial charge in [0.2, 0.25) is 0 Å². The van der Waals surface area contributed by atoms with Crippen LogP contribution in [0, 0.1) is 5.92 Å². The van der Waals surface area contributed by atoms with Gasteiger partial charge in [0.15, 0.2) is 5.78 Å². The Labute approximate surface area is 74.8 Å². The van der Waals surface area contributed by atoms with Gasteiger partial charge in [-0.15, -0.1) is 0 Å². The van der Waals surface area contributed by atoms with E-state index in [-0.39, 0.29) is 17.7 Å². The average molecular weight is 169 g/mol. The lowest BCUT2D eigenvalue weighted by Gasteiger charge is -2.14. The minimum Gasteiger partial charge on any atom is -0.321 e. The van der Waals surface area contributed by atoms with E-state index in [1.54, 1.807) is 0 Å². The van der Waals surface area contributed by atoms with Gasteiger partial charge >= 0.3 is 0 Å². The maximum Gasteiger partial charge on any atom is 0.153 e. The summed E-state index contributed by atoms with van der Waals surface area (Å²) in [6.45, 7) is 9.69. The summed E-state index contributed by atoms with van der Waals surface area (Å²) in [6, 6.07) is -0.326. The van der Waals surface area contributed by atoms with Crippen molar-refractivity contribution < 1.29 is 4.79 Å². The molecule has 0 saturated carbocycles. The highest BCUT2D eigenvalue weighted by atomic mass is 16.1. The minimum atomic E-state index is -0.326. The summed E-state index contributed by atoms with van der Waals surface area (Å²) in [5.74, 6) is 0.332. The molecule has 70 valence electrons. The van der Waals surface area contributed by atoms with E-state index in [2.05, 4.69) is 6.58 Å². The molecule has 2 heteroatoms. The summed E-state index contributed by atoms with van der Waals surface area (Å²) < 4.78 is 0. The molecule has 2 N–H and O–H groups in total. The molecule has 0 aliphatic carbocycles. The molecule has 0 fully saturated rings. The van der Waals surface area contributed by atoms with Gasteiger partial charge in [-0.3, -0.25) is 4.79 Å². The van der Waals surface area contributed by atoms with E-state index in [4.69, 9.17) is 5.73 Å². The lowest BCUT2D eigenvalue weighted by molar-refractivity contribution is -0.120. The quantitative estimate of drug-likeness (QED) is 0.639. The molecule has 0 aromatic carbocycles. The van der Waals surface area contributed by atoms with Gasteiger partial charge in [0.1, 0.15) is 0 Å². The highest BCUT2D eigenvalue weighted by Gasteiger charge is 2.16. The first-order valence-electron chi connectivity index (χ1n) is 4.44. The van der Waals surface area contributed by atoms with Crippen molar-refractivity contribution in [3.8, 4) is 0 Å². The SMILES string of the molecule is C=C(CC)CC(=O)C(N)C(C)C. The van der Waals surface area contributed by atoms with Crippen molar-refractivity contribution in [3.63, 3.8) is 0 Å². The van der Waals surface area contributed by atoms with Crippen molar-refractivity contribution in [2.75, 3.05) is 0 Å². The number of allylic oxidation sites excluding steroid dienone is 1. The maximum atomic E-state index is 11.4. The van der Waals surface area contributed by atoms with Crippen molar-refractivity contribution in [2.24, 2.45) is 11.7 Å². The standard InChI is InChI=1S/C10H19NO/c1-5-8(4)6-9(12)10(11)7(2)3/h7,10H,4-6,11H2,1-3H3. The van der Waals surface area contributed by atoms with Gasteiger partial charge in [-0.25, -0.2) is 0 Å². The molecule has 0 saturated heterocycles. The molecule has 0 spiro atoms. The fourth-order valence-electron chi connectivity index (χ4n) is 0.861. The second-order valence-electron chi connectivity index (χ2n) is 3.52. The van der Waals surface area contributed by atoms with Crippen LogP contribution in [-0.2, 0) is 4.79 Å². The molecule has 0 amide bonds. The monoisotopic (exact) mass is 169 g/mol. The van der Waals surface area contributed by atoms with Crippen LogP contribution >= 0.6 is 0 Å². The van der Waals surface area contributed by atoms with Gasteiger partial charge in [0.25, 0.3) is 0 Å². The zero-order chi connectivity index (χ0) is 9.72. The molecule has 0 aliphatic rings. The summed E-state index contributed by atoms with van der Waals surface area (Å²) in [4.78, 5) is 11.4. The predicted octanol–water partition coefficient (Wildman–Crippen LogP) is 1.90. The lowest BCUT2D eigenvalue weighted by Crippen LogP contribution is -2.35. The Morgan fingerprint density at radius 3 is 2.33 bits per heavy atom. The average Bonchev–Trinajstić information content (AvgIpc) is 2.02. The number of hydrogen-bond donors (Lipinski definition) is 1. The van der Waals surface area contributed by atoms with Crippen LogP contribution in [0.4, 0.5) is 0 Å². The molecule has 1 atom stereocenters. The van der Waals surface area contributed by atoms with E-state index in [9.17, 15) is 4.79 Å². The van der Waals surface area contributed by atoms with Crippen molar-refractivity contribution >= 4 is 5.78 Å². The first-order chi connectivity index (χ1) is 5.49. The predicted molar refractivity (Wildman–Crippen MR) is 51.9 cm³/mol. The van der Waals surface area contributed by atoms with Gasteiger partial charge in [0.05, 0.1) is 6.04 Å². The highest BCUT2D eigenvalue weighted by Crippen LogP contribution is 2.08. The van der Waals surface area contributed by atoms with Gasteiger partial charge < -0.3 is 5.73 Å². The van der Waals surface area contributed by atoms with Crippen molar-refractivity contribution in [1.29, 1.82) is 0 Å². The minimum absolute atomic E-state index is 0.108. The molecule has 0 aromatic rings. The summed E-state index contributed by atoms with van der Waals surface area (Å²) in [7, 11) is 0. The molecule has 0 bridgehead atoms. The van der Waals surface area contributed by atoms with Crippen LogP contribution in [0.1, 0.15) is 33.6 Å². The summed E-state index contributed by atoms with van der Waals surface area (Å²) in [5, 5.41) is 0. The number of rotatable bonds is 5. The van der Waals surface area contributed by atoms with E-state index in [0.717, 1.165) is 12.0 Å². The number of hydrogen-bond acceptors (Lipinski definition) is 2. The summed E-state index contributed by atoms with van der Waals surface area (Å²) >= 11 is 0. The maximum absolute atomic E-state index is 11.4. The van der Waals surface area contributed by atoms with Crippen LogP contribution < -0.4 is 5.73 Å². The van der Waals surface area contributed by atoms with Crippen molar-refractivity contribution in [3.05, 3.63) is 12.2 Å². The van der Waals surface area contributed by atoms with Crippen LogP contribution in [-0.4, -0.2) is 11.8 Å². The van der Waals surface area contributed by atoms with Gasteiger partial charge in [0, 0.05) is 6.42 Å². The van der Waals surface area contributed by atoms with E-state index in [1.165, 1.54) is 0 Å². The van der Waals surface area contributed by atoms with Gasteiger partial charge in [-0.2, -0.15) is 0 Å².